The molecule has 0 aromatic heterocycles. The Morgan fingerprint density at radius 2 is 1.39 bits per heavy atom. The molecule has 0 rings (SSSR count). The van der Waals surface area contributed by atoms with Crippen molar-refractivity contribution in [1.29, 1.82) is 0 Å². The fourth-order valence-electron chi connectivity index (χ4n) is 1.94. The molecule has 158 valence electrons. The summed E-state index contributed by atoms with van der Waals surface area (Å²) in [6.07, 6.45) is 21.0. The molecule has 0 aliphatic rings. The first-order valence-electron chi connectivity index (χ1n) is 9.21. The fraction of sp³-hybridized carbons (Fsp3) is 0.435. The van der Waals surface area contributed by atoms with Crippen molar-refractivity contribution in [2.24, 2.45) is 0 Å². The molecule has 0 bridgehead atoms. The summed E-state index contributed by atoms with van der Waals surface area (Å²) in [5.74, 6) is -0.831. The van der Waals surface area contributed by atoms with Gasteiger partial charge in [0.1, 0.15) is 0 Å². The Bertz CT molecular complexity index is 555. The quantitative estimate of drug-likeness (QED) is 0.264. The zero-order valence-electron chi connectivity index (χ0n) is 15.9. The third-order valence-electron chi connectivity index (χ3n) is 3.44. The number of rotatable bonds is 14. The lowest BCUT2D eigenvalue weighted by Gasteiger charge is -2.11. The van der Waals surface area contributed by atoms with Crippen LogP contribution >= 0.6 is 0 Å². The van der Waals surface area contributed by atoms with E-state index < -0.39 is 24.3 Å². The zero-order valence-corrected chi connectivity index (χ0v) is 15.9. The Balaban J connectivity index is 0. The van der Waals surface area contributed by atoms with Gasteiger partial charge in [-0.05, 0) is 25.7 Å². The molecule has 0 heterocycles. The number of hydrogen-bond donors (Lipinski definition) is 4. The molecular formula is C23H36O5. The monoisotopic (exact) mass is 392 g/mol. The Morgan fingerprint density at radius 1 is 0.821 bits per heavy atom. The standard InChI is InChI=1S/C22H32O5.CH4/c1-2-3-9-16-20(24)21(25)17-12-7-5-4-6-10-14-19(23)15-11-8-13-18-22(26)27;/h3-12,14,17,19-21,23-25H,2,13,15-16,18H2,1H3,(H,26,27);1H4/b6-4-,7-5+,9-3-,11-8-,14-10+,17-12+;/t19-,20+,21-;/m1./s1. The van der Waals surface area contributed by atoms with Gasteiger partial charge in [0.25, 0.3) is 0 Å². The van der Waals surface area contributed by atoms with E-state index in [1.807, 2.05) is 19.1 Å². The van der Waals surface area contributed by atoms with Gasteiger partial charge in [-0.25, -0.2) is 0 Å². The molecule has 3 atom stereocenters. The van der Waals surface area contributed by atoms with Crippen molar-refractivity contribution >= 4 is 5.97 Å². The van der Waals surface area contributed by atoms with E-state index in [4.69, 9.17) is 5.11 Å². The van der Waals surface area contributed by atoms with Gasteiger partial charge in [0.05, 0.1) is 18.3 Å². The Hall–Kier alpha value is -2.21. The van der Waals surface area contributed by atoms with E-state index in [9.17, 15) is 20.1 Å². The number of aliphatic hydroxyl groups excluding tert-OH is 3. The van der Waals surface area contributed by atoms with E-state index in [0.29, 0.717) is 19.3 Å². The molecule has 28 heavy (non-hydrogen) atoms. The molecule has 0 aromatic rings. The van der Waals surface area contributed by atoms with Crippen LogP contribution in [-0.4, -0.2) is 44.7 Å². The largest absolute Gasteiger partial charge is 0.481 e. The molecule has 5 heteroatoms. The first-order valence-corrected chi connectivity index (χ1v) is 9.21. The highest BCUT2D eigenvalue weighted by molar-refractivity contribution is 5.66. The SMILES string of the molecule is C.CC/C=C\C[C@H](O)[C@H](O)/C=C/C=C/C=C\C=C\[C@@H](O)C/C=C\CCC(=O)O. The molecule has 0 radical (unpaired) electrons. The average molecular weight is 393 g/mol. The number of carbonyl (C=O) groups is 1. The first-order chi connectivity index (χ1) is 13.0. The van der Waals surface area contributed by atoms with Gasteiger partial charge in [-0.3, -0.25) is 4.79 Å². The lowest BCUT2D eigenvalue weighted by Crippen LogP contribution is -2.22. The van der Waals surface area contributed by atoms with Crippen LogP contribution in [0.2, 0.25) is 0 Å². The third-order valence-corrected chi connectivity index (χ3v) is 3.44. The van der Waals surface area contributed by atoms with Crippen LogP contribution in [0.25, 0.3) is 0 Å². The van der Waals surface area contributed by atoms with Crippen LogP contribution in [-0.2, 0) is 4.79 Å². The second-order valence-electron chi connectivity index (χ2n) is 5.92. The summed E-state index contributed by atoms with van der Waals surface area (Å²) in [5.41, 5.74) is 0. The van der Waals surface area contributed by atoms with Crippen molar-refractivity contribution in [3.05, 3.63) is 72.9 Å². The van der Waals surface area contributed by atoms with Gasteiger partial charge in [-0.15, -0.1) is 0 Å². The van der Waals surface area contributed by atoms with Crippen molar-refractivity contribution in [3.63, 3.8) is 0 Å². The minimum atomic E-state index is -0.904. The Kier molecular flexibility index (Phi) is 19.6. The molecular weight excluding hydrogens is 356 g/mol. The van der Waals surface area contributed by atoms with Gasteiger partial charge >= 0.3 is 5.97 Å². The van der Waals surface area contributed by atoms with E-state index in [1.165, 1.54) is 6.08 Å². The predicted molar refractivity (Wildman–Crippen MR) is 116 cm³/mol. The van der Waals surface area contributed by atoms with Crippen LogP contribution in [0, 0.1) is 0 Å². The number of carboxylic acids is 1. The lowest BCUT2D eigenvalue weighted by molar-refractivity contribution is -0.136. The van der Waals surface area contributed by atoms with Crippen LogP contribution in [0.5, 0.6) is 0 Å². The summed E-state index contributed by atoms with van der Waals surface area (Å²) in [5, 5.41) is 37.7. The van der Waals surface area contributed by atoms with E-state index in [0.717, 1.165) is 6.42 Å². The van der Waals surface area contributed by atoms with Gasteiger partial charge < -0.3 is 20.4 Å². The third kappa shape index (κ3) is 18.6. The normalized spacial score (nSPS) is 16.0. The number of aliphatic hydroxyl groups is 3. The summed E-state index contributed by atoms with van der Waals surface area (Å²) < 4.78 is 0. The Labute approximate surface area is 169 Å². The van der Waals surface area contributed by atoms with Crippen molar-refractivity contribution in [1.82, 2.24) is 0 Å². The van der Waals surface area contributed by atoms with Gasteiger partial charge in [-0.2, -0.15) is 0 Å². The van der Waals surface area contributed by atoms with E-state index in [2.05, 4.69) is 0 Å². The molecule has 4 N–H and O–H groups in total. The molecule has 0 amide bonds. The smallest absolute Gasteiger partial charge is 0.303 e. The summed E-state index contributed by atoms with van der Waals surface area (Å²) in [6, 6.07) is 0. The second kappa shape index (κ2) is 19.5. The molecule has 0 aliphatic heterocycles. The van der Waals surface area contributed by atoms with Crippen molar-refractivity contribution in [2.45, 2.75) is 64.8 Å². The van der Waals surface area contributed by atoms with Crippen molar-refractivity contribution < 1.29 is 25.2 Å². The topological polar surface area (TPSA) is 98.0 Å². The highest BCUT2D eigenvalue weighted by Gasteiger charge is 2.10. The summed E-state index contributed by atoms with van der Waals surface area (Å²) in [7, 11) is 0. The average Bonchev–Trinajstić information content (AvgIpc) is 2.63. The molecule has 5 nitrogen and oxygen atoms in total. The molecule has 0 fully saturated rings. The first kappa shape index (κ1) is 28.0. The minimum absolute atomic E-state index is 0. The lowest BCUT2D eigenvalue weighted by atomic mass is 10.1. The Morgan fingerprint density at radius 3 is 2.00 bits per heavy atom. The molecule has 0 unspecified atom stereocenters. The molecule has 0 saturated carbocycles. The summed E-state index contributed by atoms with van der Waals surface area (Å²) in [6.45, 7) is 2.01. The maximum absolute atomic E-state index is 10.3. The van der Waals surface area contributed by atoms with E-state index in [1.54, 1.807) is 54.7 Å². The highest BCUT2D eigenvalue weighted by atomic mass is 16.4. The predicted octanol–water partition coefficient (Wildman–Crippen LogP) is 4.10. The van der Waals surface area contributed by atoms with Crippen molar-refractivity contribution in [3.8, 4) is 0 Å². The van der Waals surface area contributed by atoms with Crippen LogP contribution in [0.4, 0.5) is 0 Å². The molecule has 0 aromatic carbocycles. The van der Waals surface area contributed by atoms with E-state index in [-0.39, 0.29) is 13.8 Å². The maximum atomic E-state index is 10.3. The number of aliphatic carboxylic acids is 1. The zero-order chi connectivity index (χ0) is 20.3. The fourth-order valence-corrected chi connectivity index (χ4v) is 1.94. The second-order valence-corrected chi connectivity index (χ2v) is 5.92. The van der Waals surface area contributed by atoms with Crippen LogP contribution < -0.4 is 0 Å². The van der Waals surface area contributed by atoms with E-state index >= 15 is 0 Å². The van der Waals surface area contributed by atoms with Gasteiger partial charge in [-0.1, -0.05) is 87.3 Å². The van der Waals surface area contributed by atoms with Gasteiger partial charge in [0.2, 0.25) is 0 Å². The summed E-state index contributed by atoms with van der Waals surface area (Å²) in [4.78, 5) is 10.3. The number of hydrogen-bond acceptors (Lipinski definition) is 4. The molecule has 0 spiro atoms. The minimum Gasteiger partial charge on any atom is -0.481 e. The van der Waals surface area contributed by atoms with Crippen LogP contribution in [0.1, 0.15) is 46.5 Å². The maximum Gasteiger partial charge on any atom is 0.303 e. The van der Waals surface area contributed by atoms with Gasteiger partial charge in [0, 0.05) is 6.42 Å². The highest BCUT2D eigenvalue weighted by Crippen LogP contribution is 2.03. The number of carboxylic acid groups (broad SMARTS) is 1. The molecule has 0 saturated heterocycles. The van der Waals surface area contributed by atoms with Crippen LogP contribution in [0.3, 0.4) is 0 Å². The molecule has 0 aliphatic carbocycles. The van der Waals surface area contributed by atoms with Crippen molar-refractivity contribution in [2.75, 3.05) is 0 Å². The van der Waals surface area contributed by atoms with Crippen LogP contribution in [0.15, 0.2) is 72.9 Å². The summed E-state index contributed by atoms with van der Waals surface area (Å²) >= 11 is 0. The number of allylic oxidation sites excluding steroid dienone is 8. The van der Waals surface area contributed by atoms with Gasteiger partial charge in [0.15, 0.2) is 0 Å².